The number of nitrogens with one attached hydrogen (secondary N) is 2. The van der Waals surface area contributed by atoms with E-state index < -0.39 is 24.0 Å². The number of esters is 1. The van der Waals surface area contributed by atoms with Gasteiger partial charge in [0.25, 0.3) is 5.91 Å². The molecule has 0 radical (unpaired) electrons. The van der Waals surface area contributed by atoms with Crippen LogP contribution in [0.15, 0.2) is 52.0 Å². The first-order valence-electron chi connectivity index (χ1n) is 9.65. The number of benzene rings is 1. The van der Waals surface area contributed by atoms with Gasteiger partial charge in [-0.1, -0.05) is 26.0 Å². The van der Waals surface area contributed by atoms with Crippen molar-refractivity contribution in [3.8, 4) is 6.07 Å². The van der Waals surface area contributed by atoms with Crippen LogP contribution >= 0.6 is 11.8 Å². The molecule has 0 aliphatic heterocycles. The van der Waals surface area contributed by atoms with Crippen molar-refractivity contribution in [3.63, 3.8) is 0 Å². The molecule has 8 nitrogen and oxygen atoms in total. The molecule has 0 saturated heterocycles. The molecular formula is C22H25N3O5S. The Morgan fingerprint density at radius 3 is 2.58 bits per heavy atom. The van der Waals surface area contributed by atoms with Crippen LogP contribution in [0, 0.1) is 17.2 Å². The van der Waals surface area contributed by atoms with Crippen LogP contribution in [-0.4, -0.2) is 35.7 Å². The minimum Gasteiger partial charge on any atom is -0.467 e. The first-order chi connectivity index (χ1) is 14.7. The maximum absolute atomic E-state index is 12.5. The smallest absolute Gasteiger partial charge is 0.339 e. The van der Waals surface area contributed by atoms with E-state index in [2.05, 4.69) is 16.7 Å². The fourth-order valence-electron chi connectivity index (χ4n) is 2.39. The molecular weight excluding hydrogens is 418 g/mol. The zero-order valence-corrected chi connectivity index (χ0v) is 18.5. The molecule has 164 valence electrons. The molecule has 1 atom stereocenters. The van der Waals surface area contributed by atoms with E-state index in [1.807, 2.05) is 13.8 Å². The Bertz CT molecular complexity index is 952. The summed E-state index contributed by atoms with van der Waals surface area (Å²) in [7, 11) is 0. The maximum Gasteiger partial charge on any atom is 0.339 e. The highest BCUT2D eigenvalue weighted by Gasteiger charge is 2.30. The molecule has 2 N–H and O–H groups in total. The number of rotatable bonds is 10. The average molecular weight is 444 g/mol. The van der Waals surface area contributed by atoms with Crippen molar-refractivity contribution < 1.29 is 23.5 Å². The maximum atomic E-state index is 12.5. The van der Waals surface area contributed by atoms with E-state index in [9.17, 15) is 19.6 Å². The highest BCUT2D eigenvalue weighted by molar-refractivity contribution is 8.00. The lowest BCUT2D eigenvalue weighted by atomic mass is 9.90. The topological polar surface area (TPSA) is 121 Å². The highest BCUT2D eigenvalue weighted by Crippen LogP contribution is 2.23. The van der Waals surface area contributed by atoms with Crippen LogP contribution in [0.3, 0.4) is 0 Å². The van der Waals surface area contributed by atoms with E-state index in [4.69, 9.17) is 9.15 Å². The molecule has 2 amide bonds. The van der Waals surface area contributed by atoms with Gasteiger partial charge in [-0.15, -0.1) is 11.8 Å². The van der Waals surface area contributed by atoms with Gasteiger partial charge in [0.2, 0.25) is 5.91 Å². The molecule has 1 aromatic heterocycles. The van der Waals surface area contributed by atoms with Crippen LogP contribution in [-0.2, 0) is 20.9 Å². The second-order valence-electron chi connectivity index (χ2n) is 7.23. The van der Waals surface area contributed by atoms with Gasteiger partial charge in [-0.25, -0.2) is 4.79 Å². The molecule has 1 aromatic carbocycles. The number of hydrogen-bond acceptors (Lipinski definition) is 7. The molecule has 0 unspecified atom stereocenters. The summed E-state index contributed by atoms with van der Waals surface area (Å²) in [5, 5.41) is 14.6. The Kier molecular flexibility index (Phi) is 8.70. The van der Waals surface area contributed by atoms with Gasteiger partial charge in [-0.2, -0.15) is 5.26 Å². The first-order valence-corrected chi connectivity index (χ1v) is 10.6. The van der Waals surface area contributed by atoms with Crippen molar-refractivity contribution >= 4 is 29.5 Å². The molecule has 0 spiro atoms. The Morgan fingerprint density at radius 2 is 1.94 bits per heavy atom. The summed E-state index contributed by atoms with van der Waals surface area (Å²) in [6, 6.07) is 12.2. The standard InChI is InChI=1S/C22H25N3O5S/c1-15(2)22(3,14-23)25-19(26)12-30-21(28)17-8-4-5-9-18(17)31-13-20(27)24-11-16-7-6-10-29-16/h4-10,15H,11-13H2,1-3H3,(H,24,27)(H,25,26)/t22-/m0/s1. The third-order valence-electron chi connectivity index (χ3n) is 4.63. The Labute approximate surface area is 185 Å². The largest absolute Gasteiger partial charge is 0.467 e. The van der Waals surface area contributed by atoms with Gasteiger partial charge in [-0.3, -0.25) is 9.59 Å². The summed E-state index contributed by atoms with van der Waals surface area (Å²) >= 11 is 1.19. The molecule has 0 saturated carbocycles. The number of amides is 2. The molecule has 1 heterocycles. The van der Waals surface area contributed by atoms with Gasteiger partial charge in [0, 0.05) is 4.90 Å². The van der Waals surface area contributed by atoms with Crippen molar-refractivity contribution in [2.45, 2.75) is 37.8 Å². The lowest BCUT2D eigenvalue weighted by molar-refractivity contribution is -0.125. The average Bonchev–Trinajstić information content (AvgIpc) is 3.28. The molecule has 2 rings (SSSR count). The quantitative estimate of drug-likeness (QED) is 0.428. The number of nitriles is 1. The number of carbonyl (C=O) groups excluding carboxylic acids is 3. The Morgan fingerprint density at radius 1 is 1.19 bits per heavy atom. The van der Waals surface area contributed by atoms with Gasteiger partial charge >= 0.3 is 5.97 Å². The number of hydrogen-bond donors (Lipinski definition) is 2. The molecule has 9 heteroatoms. The number of carbonyl (C=O) groups is 3. The minimum absolute atomic E-state index is 0.0976. The van der Waals surface area contributed by atoms with E-state index in [0.29, 0.717) is 10.7 Å². The summed E-state index contributed by atoms with van der Waals surface area (Å²) in [5.74, 6) is -0.835. The second kappa shape index (κ2) is 11.2. The summed E-state index contributed by atoms with van der Waals surface area (Å²) in [4.78, 5) is 37.2. The van der Waals surface area contributed by atoms with E-state index in [1.165, 1.54) is 18.0 Å². The van der Waals surface area contributed by atoms with E-state index in [1.54, 1.807) is 43.3 Å². The van der Waals surface area contributed by atoms with E-state index >= 15 is 0 Å². The van der Waals surface area contributed by atoms with Crippen molar-refractivity contribution in [3.05, 3.63) is 54.0 Å². The normalized spacial score (nSPS) is 12.5. The number of furan rings is 1. The fraction of sp³-hybridized carbons (Fsp3) is 0.364. The number of ether oxygens (including phenoxy) is 1. The zero-order chi connectivity index (χ0) is 22.9. The van der Waals surface area contributed by atoms with Gasteiger partial charge in [0.1, 0.15) is 11.3 Å². The monoisotopic (exact) mass is 443 g/mol. The molecule has 0 aliphatic carbocycles. The van der Waals surface area contributed by atoms with Crippen molar-refractivity contribution in [2.24, 2.45) is 5.92 Å². The zero-order valence-electron chi connectivity index (χ0n) is 17.6. The van der Waals surface area contributed by atoms with Gasteiger partial charge in [0.15, 0.2) is 6.61 Å². The second-order valence-corrected chi connectivity index (χ2v) is 8.25. The highest BCUT2D eigenvalue weighted by atomic mass is 32.2. The van der Waals surface area contributed by atoms with Crippen molar-refractivity contribution in [1.29, 1.82) is 5.26 Å². The first kappa shape index (κ1) is 24.0. The molecule has 2 aromatic rings. The fourth-order valence-corrected chi connectivity index (χ4v) is 3.26. The van der Waals surface area contributed by atoms with Crippen LogP contribution < -0.4 is 10.6 Å². The molecule has 31 heavy (non-hydrogen) atoms. The van der Waals surface area contributed by atoms with Crippen LogP contribution in [0.2, 0.25) is 0 Å². The van der Waals surface area contributed by atoms with Crippen LogP contribution in [0.25, 0.3) is 0 Å². The number of thioether (sulfide) groups is 1. The number of nitrogens with zero attached hydrogens (tertiary/aromatic N) is 1. The predicted octanol–water partition coefficient (Wildman–Crippen LogP) is 2.90. The van der Waals surface area contributed by atoms with Crippen LogP contribution in [0.4, 0.5) is 0 Å². The Balaban J connectivity index is 1.88. The molecule has 0 bridgehead atoms. The minimum atomic E-state index is -1.06. The lowest BCUT2D eigenvalue weighted by Gasteiger charge is -2.27. The van der Waals surface area contributed by atoms with E-state index in [-0.39, 0.29) is 29.7 Å². The Hall–Kier alpha value is -3.25. The third kappa shape index (κ3) is 7.19. The van der Waals surface area contributed by atoms with Crippen LogP contribution in [0.1, 0.15) is 36.9 Å². The van der Waals surface area contributed by atoms with Gasteiger partial charge in [-0.05, 0) is 37.1 Å². The summed E-state index contributed by atoms with van der Waals surface area (Å²) in [5.41, 5.74) is -0.800. The summed E-state index contributed by atoms with van der Waals surface area (Å²) < 4.78 is 10.3. The van der Waals surface area contributed by atoms with Crippen molar-refractivity contribution in [1.82, 2.24) is 10.6 Å². The lowest BCUT2D eigenvalue weighted by Crippen LogP contribution is -2.50. The van der Waals surface area contributed by atoms with E-state index in [0.717, 1.165) is 0 Å². The third-order valence-corrected chi connectivity index (χ3v) is 5.70. The molecule has 0 fully saturated rings. The van der Waals surface area contributed by atoms with Crippen molar-refractivity contribution in [2.75, 3.05) is 12.4 Å². The summed E-state index contributed by atoms with van der Waals surface area (Å²) in [6.07, 6.45) is 1.53. The van der Waals surface area contributed by atoms with Crippen LogP contribution in [0.5, 0.6) is 0 Å². The summed E-state index contributed by atoms with van der Waals surface area (Å²) in [6.45, 7) is 5.01. The van der Waals surface area contributed by atoms with Gasteiger partial charge in [0.05, 0.1) is 30.2 Å². The SMILES string of the molecule is CC(C)[C@](C)(C#N)NC(=O)COC(=O)c1ccccc1SCC(=O)NCc1ccco1. The van der Waals surface area contributed by atoms with Gasteiger partial charge < -0.3 is 19.8 Å². The molecule has 0 aliphatic rings. The predicted molar refractivity (Wildman–Crippen MR) is 115 cm³/mol.